The Morgan fingerprint density at radius 2 is 1.82 bits per heavy atom. The summed E-state index contributed by atoms with van der Waals surface area (Å²) in [6.07, 6.45) is 7.47. The van der Waals surface area contributed by atoms with Gasteiger partial charge in [-0.3, -0.25) is 28.9 Å². The molecule has 0 aliphatic heterocycles. The van der Waals surface area contributed by atoms with Crippen LogP contribution in [0, 0.1) is 5.82 Å². The van der Waals surface area contributed by atoms with Crippen molar-refractivity contribution in [1.29, 1.82) is 0 Å². The zero-order valence-corrected chi connectivity index (χ0v) is 20.9. The molecular weight excluding hydrogens is 491 g/mol. The molecule has 0 unspecified atom stereocenters. The van der Waals surface area contributed by atoms with Gasteiger partial charge < -0.3 is 15.4 Å². The predicted molar refractivity (Wildman–Crippen MR) is 139 cm³/mol. The Balaban J connectivity index is 1.77. The number of nitrogens with one attached hydrogen (secondary N) is 2. The van der Waals surface area contributed by atoms with Gasteiger partial charge in [-0.1, -0.05) is 0 Å². The smallest absolute Gasteiger partial charge is 0.294 e. The molecule has 194 valence electrons. The first-order valence-corrected chi connectivity index (χ1v) is 11.6. The normalized spacial score (nSPS) is 11.6. The number of ketones is 1. The molecule has 0 bridgehead atoms. The van der Waals surface area contributed by atoms with Crippen LogP contribution in [-0.2, 0) is 11.3 Å². The monoisotopic (exact) mass is 516 g/mol. The lowest BCUT2D eigenvalue weighted by Gasteiger charge is -2.17. The van der Waals surface area contributed by atoms with Gasteiger partial charge in [0.1, 0.15) is 11.6 Å². The predicted octanol–water partition coefficient (Wildman–Crippen LogP) is 2.67. The van der Waals surface area contributed by atoms with Crippen molar-refractivity contribution in [2.24, 2.45) is 0 Å². The fourth-order valence-corrected chi connectivity index (χ4v) is 3.70. The van der Waals surface area contributed by atoms with Crippen molar-refractivity contribution in [3.8, 4) is 17.0 Å². The average Bonchev–Trinajstić information content (AvgIpc) is 2.95. The molecule has 3 aromatic heterocycles. The number of carbonyl (C=O) groups is 2. The Morgan fingerprint density at radius 1 is 1.05 bits per heavy atom. The van der Waals surface area contributed by atoms with Crippen molar-refractivity contribution >= 4 is 17.5 Å². The molecule has 38 heavy (non-hydrogen) atoms. The lowest BCUT2D eigenvalue weighted by atomic mass is 10.0. The van der Waals surface area contributed by atoms with Crippen molar-refractivity contribution in [3.05, 3.63) is 100 Å². The van der Waals surface area contributed by atoms with Gasteiger partial charge in [0.25, 0.3) is 5.56 Å². The number of nitrogens with zero attached hydrogens (tertiary/aromatic N) is 4. The van der Waals surface area contributed by atoms with Crippen molar-refractivity contribution in [3.63, 3.8) is 0 Å². The van der Waals surface area contributed by atoms with E-state index >= 15 is 0 Å². The van der Waals surface area contributed by atoms with Gasteiger partial charge in [0.2, 0.25) is 5.91 Å². The summed E-state index contributed by atoms with van der Waals surface area (Å²) in [7, 11) is 3.12. The van der Waals surface area contributed by atoms with Gasteiger partial charge >= 0.3 is 0 Å². The maximum atomic E-state index is 13.6. The fraction of sp³-hybridized carbons (Fsp3) is 0.185. The lowest BCUT2D eigenvalue weighted by molar-refractivity contribution is -0.117. The third-order valence-corrected chi connectivity index (χ3v) is 5.90. The second kappa shape index (κ2) is 11.5. The molecule has 3 heterocycles. The Hall–Kier alpha value is -4.77. The van der Waals surface area contributed by atoms with E-state index in [-0.39, 0.29) is 23.7 Å². The highest BCUT2D eigenvalue weighted by molar-refractivity contribution is 6.08. The van der Waals surface area contributed by atoms with Gasteiger partial charge in [-0.2, -0.15) is 0 Å². The van der Waals surface area contributed by atoms with Crippen LogP contribution < -0.4 is 20.9 Å². The van der Waals surface area contributed by atoms with Crippen LogP contribution in [0.5, 0.6) is 5.75 Å². The standard InChI is InChI=1S/C27H25FN6O4/c1-16(29-2)26(36)33-25-27(37)34(22(14-32-25)21-13-30-9-8-23(21)38-3)15-17-10-19(12-31-11-17)24(35)18-4-6-20(28)7-5-18/h4-14,16,29H,15H2,1-3H3,(H,32,33,36)/t16-/m0/s1. The zero-order chi connectivity index (χ0) is 27.2. The number of rotatable bonds is 9. The summed E-state index contributed by atoms with van der Waals surface area (Å²) in [6, 6.07) is 7.91. The van der Waals surface area contributed by atoms with E-state index in [9.17, 15) is 18.8 Å². The molecule has 0 saturated heterocycles. The van der Waals surface area contributed by atoms with Gasteiger partial charge in [0.15, 0.2) is 11.6 Å². The lowest BCUT2D eigenvalue weighted by Crippen LogP contribution is -2.38. The summed E-state index contributed by atoms with van der Waals surface area (Å²) in [5.41, 5.74) is 1.43. The van der Waals surface area contributed by atoms with E-state index in [0.717, 1.165) is 0 Å². The van der Waals surface area contributed by atoms with E-state index in [0.29, 0.717) is 28.1 Å². The second-order valence-corrected chi connectivity index (χ2v) is 8.38. The topological polar surface area (TPSA) is 128 Å². The molecule has 10 nitrogen and oxygen atoms in total. The Labute approximate surface area is 217 Å². The third kappa shape index (κ3) is 5.62. The zero-order valence-electron chi connectivity index (χ0n) is 20.9. The van der Waals surface area contributed by atoms with Crippen LogP contribution in [0.25, 0.3) is 11.3 Å². The molecule has 1 atom stereocenters. The first-order chi connectivity index (χ1) is 18.3. The molecule has 4 rings (SSSR count). The van der Waals surface area contributed by atoms with E-state index in [1.54, 1.807) is 38.5 Å². The van der Waals surface area contributed by atoms with Crippen LogP contribution >= 0.6 is 0 Å². The summed E-state index contributed by atoms with van der Waals surface area (Å²) in [5.74, 6) is -0.909. The highest BCUT2D eigenvalue weighted by Gasteiger charge is 2.20. The number of anilines is 1. The Bertz CT molecular complexity index is 1540. The van der Waals surface area contributed by atoms with Crippen LogP contribution in [0.1, 0.15) is 28.4 Å². The summed E-state index contributed by atoms with van der Waals surface area (Å²) in [5, 5.41) is 5.37. The molecule has 0 saturated carbocycles. The average molecular weight is 517 g/mol. The molecule has 0 aliphatic rings. The molecule has 1 amide bonds. The molecule has 4 aromatic rings. The molecule has 0 spiro atoms. The first-order valence-electron chi connectivity index (χ1n) is 11.6. The minimum atomic E-state index is -0.569. The van der Waals surface area contributed by atoms with Gasteiger partial charge in [-0.05, 0) is 55.9 Å². The molecule has 0 aliphatic carbocycles. The number of halogens is 1. The fourth-order valence-electron chi connectivity index (χ4n) is 3.70. The van der Waals surface area contributed by atoms with Crippen molar-refractivity contribution in [2.45, 2.75) is 19.5 Å². The highest BCUT2D eigenvalue weighted by Crippen LogP contribution is 2.28. The quantitative estimate of drug-likeness (QED) is 0.325. The summed E-state index contributed by atoms with van der Waals surface area (Å²) < 4.78 is 20.1. The number of amides is 1. The SMILES string of the molecule is CN[C@@H](C)C(=O)Nc1ncc(-c2cnccc2OC)n(Cc2cncc(C(=O)c3ccc(F)cc3)c2)c1=O. The van der Waals surface area contributed by atoms with Crippen LogP contribution in [0.4, 0.5) is 10.2 Å². The minimum Gasteiger partial charge on any atom is -0.496 e. The maximum Gasteiger partial charge on any atom is 0.294 e. The van der Waals surface area contributed by atoms with Gasteiger partial charge in [-0.15, -0.1) is 0 Å². The number of ether oxygens (including phenoxy) is 1. The molecule has 1 aromatic carbocycles. The van der Waals surface area contributed by atoms with Crippen LogP contribution in [-0.4, -0.2) is 51.4 Å². The molecule has 2 N–H and O–H groups in total. The van der Waals surface area contributed by atoms with Crippen molar-refractivity contribution in [1.82, 2.24) is 24.8 Å². The largest absolute Gasteiger partial charge is 0.496 e. The van der Waals surface area contributed by atoms with Crippen molar-refractivity contribution < 1.29 is 18.7 Å². The second-order valence-electron chi connectivity index (χ2n) is 8.38. The number of hydrogen-bond donors (Lipinski definition) is 2. The molecule has 0 radical (unpaired) electrons. The van der Waals surface area contributed by atoms with Gasteiger partial charge in [0, 0.05) is 35.9 Å². The number of aromatic nitrogens is 4. The summed E-state index contributed by atoms with van der Waals surface area (Å²) >= 11 is 0. The summed E-state index contributed by atoms with van der Waals surface area (Å²) in [4.78, 5) is 51.5. The number of methoxy groups -OCH3 is 1. The number of likely N-dealkylation sites (N-methyl/N-ethyl adjacent to an activating group) is 1. The minimum absolute atomic E-state index is 0.00325. The molecule has 11 heteroatoms. The van der Waals surface area contributed by atoms with E-state index in [2.05, 4.69) is 25.6 Å². The number of carbonyl (C=O) groups excluding carboxylic acids is 2. The van der Waals surface area contributed by atoms with Gasteiger partial charge in [0.05, 0.1) is 37.2 Å². The van der Waals surface area contributed by atoms with Gasteiger partial charge in [-0.25, -0.2) is 9.37 Å². The summed E-state index contributed by atoms with van der Waals surface area (Å²) in [6.45, 7) is 1.65. The first kappa shape index (κ1) is 26.3. The molecule has 0 fully saturated rings. The third-order valence-electron chi connectivity index (χ3n) is 5.90. The van der Waals surface area contributed by atoms with Crippen LogP contribution in [0.3, 0.4) is 0 Å². The van der Waals surface area contributed by atoms with E-state index < -0.39 is 23.3 Å². The number of pyridine rings is 2. The van der Waals surface area contributed by atoms with E-state index in [4.69, 9.17) is 4.74 Å². The van der Waals surface area contributed by atoms with Crippen LogP contribution in [0.15, 0.2) is 72.2 Å². The molecular formula is C27H25FN6O4. The Kier molecular flexibility index (Phi) is 7.97. The van der Waals surface area contributed by atoms with Crippen molar-refractivity contribution in [2.75, 3.05) is 19.5 Å². The van der Waals surface area contributed by atoms with E-state index in [1.165, 1.54) is 54.5 Å². The number of benzene rings is 1. The number of hydrogen-bond acceptors (Lipinski definition) is 8. The van der Waals surface area contributed by atoms with E-state index in [1.807, 2.05) is 0 Å². The maximum absolute atomic E-state index is 13.6. The Morgan fingerprint density at radius 3 is 2.53 bits per heavy atom. The highest BCUT2D eigenvalue weighted by atomic mass is 19.1. The van der Waals surface area contributed by atoms with Crippen LogP contribution in [0.2, 0.25) is 0 Å².